The van der Waals surface area contributed by atoms with Crippen molar-refractivity contribution in [2.75, 3.05) is 44.3 Å². The number of anilines is 1. The number of likely N-dealkylation sites (tertiary alicyclic amines) is 1. The Bertz CT molecular complexity index is 867. The molecule has 0 saturated carbocycles. The van der Waals surface area contributed by atoms with Gasteiger partial charge in [-0.15, -0.1) is 0 Å². The van der Waals surface area contributed by atoms with E-state index in [1.54, 1.807) is 0 Å². The molecule has 152 valence electrons. The molecule has 0 radical (unpaired) electrons. The van der Waals surface area contributed by atoms with Gasteiger partial charge in [-0.3, -0.25) is 4.79 Å². The summed E-state index contributed by atoms with van der Waals surface area (Å²) in [4.78, 5) is 27.2. The van der Waals surface area contributed by atoms with Gasteiger partial charge in [0.05, 0.1) is 5.41 Å². The van der Waals surface area contributed by atoms with Gasteiger partial charge in [0.2, 0.25) is 11.9 Å². The lowest BCUT2D eigenvalue weighted by Gasteiger charge is -2.39. The second-order valence-electron chi connectivity index (χ2n) is 8.69. The Labute approximate surface area is 171 Å². The Kier molecular flexibility index (Phi) is 4.74. The number of rotatable bonds is 3. The summed E-state index contributed by atoms with van der Waals surface area (Å²) in [5.74, 6) is 2.11. The molecule has 29 heavy (non-hydrogen) atoms. The molecule has 6 nitrogen and oxygen atoms in total. The maximum Gasteiger partial charge on any atom is 0.233 e. The molecule has 6 heteroatoms. The molecule has 3 fully saturated rings. The van der Waals surface area contributed by atoms with Gasteiger partial charge in [0.15, 0.2) is 0 Å². The number of hydrogen-bond donors (Lipinski definition) is 0. The van der Waals surface area contributed by atoms with Crippen LogP contribution < -0.4 is 4.90 Å². The number of carbonyl (C=O) groups is 1. The molecule has 4 heterocycles. The van der Waals surface area contributed by atoms with Gasteiger partial charge < -0.3 is 14.5 Å². The molecule has 1 aromatic carbocycles. The third kappa shape index (κ3) is 3.29. The summed E-state index contributed by atoms with van der Waals surface area (Å²) in [6, 6.07) is 12.2. The smallest absolute Gasteiger partial charge is 0.233 e. The third-order valence-electron chi connectivity index (χ3n) is 6.92. The fourth-order valence-electron chi connectivity index (χ4n) is 5.32. The van der Waals surface area contributed by atoms with Gasteiger partial charge in [-0.2, -0.15) is 0 Å². The maximum absolute atomic E-state index is 13.8. The highest BCUT2D eigenvalue weighted by Gasteiger charge is 2.49. The lowest BCUT2D eigenvalue weighted by Crippen LogP contribution is -2.50. The van der Waals surface area contributed by atoms with Gasteiger partial charge >= 0.3 is 0 Å². The average molecular weight is 393 g/mol. The monoisotopic (exact) mass is 392 g/mol. The van der Waals surface area contributed by atoms with Crippen LogP contribution in [0.1, 0.15) is 24.1 Å². The van der Waals surface area contributed by atoms with Crippen LogP contribution in [0.3, 0.4) is 0 Å². The summed E-state index contributed by atoms with van der Waals surface area (Å²) in [6.45, 7) is 6.83. The van der Waals surface area contributed by atoms with Crippen LogP contribution in [0.2, 0.25) is 0 Å². The molecule has 3 aliphatic rings. The predicted molar refractivity (Wildman–Crippen MR) is 111 cm³/mol. The fraction of sp³-hybridized carbons (Fsp3) is 0.522. The van der Waals surface area contributed by atoms with Crippen LogP contribution in [0.5, 0.6) is 0 Å². The number of ether oxygens (including phenoxy) is 1. The number of fused-ring (bicyclic) bond motifs is 1. The number of carbonyl (C=O) groups excluding carboxylic acids is 1. The first-order valence-corrected chi connectivity index (χ1v) is 10.6. The summed E-state index contributed by atoms with van der Waals surface area (Å²) in [7, 11) is 0. The van der Waals surface area contributed by atoms with Gasteiger partial charge in [-0.25, -0.2) is 9.97 Å². The first kappa shape index (κ1) is 18.6. The molecule has 0 aliphatic carbocycles. The summed E-state index contributed by atoms with van der Waals surface area (Å²) in [5, 5.41) is 0. The first-order chi connectivity index (χ1) is 14.2. The van der Waals surface area contributed by atoms with E-state index < -0.39 is 5.41 Å². The number of nitrogens with zero attached hydrogens (tertiary/aromatic N) is 4. The first-order valence-electron chi connectivity index (χ1n) is 10.6. The highest BCUT2D eigenvalue weighted by atomic mass is 16.5. The zero-order valence-electron chi connectivity index (χ0n) is 17.0. The van der Waals surface area contributed by atoms with Gasteiger partial charge in [0.1, 0.15) is 0 Å². The van der Waals surface area contributed by atoms with Gasteiger partial charge in [-0.1, -0.05) is 30.3 Å². The minimum Gasteiger partial charge on any atom is -0.381 e. The largest absolute Gasteiger partial charge is 0.381 e. The van der Waals surface area contributed by atoms with E-state index in [0.717, 1.165) is 56.2 Å². The zero-order valence-corrected chi connectivity index (χ0v) is 17.0. The predicted octanol–water partition coefficient (Wildman–Crippen LogP) is 2.43. The normalized spacial score (nSPS) is 25.8. The van der Waals surface area contributed by atoms with Gasteiger partial charge in [0.25, 0.3) is 0 Å². The molecule has 2 unspecified atom stereocenters. The van der Waals surface area contributed by atoms with Crippen LogP contribution in [0.25, 0.3) is 0 Å². The van der Waals surface area contributed by atoms with Crippen molar-refractivity contribution in [3.63, 3.8) is 0 Å². The molecule has 3 aliphatic heterocycles. The number of aryl methyl sites for hydroxylation is 1. The number of aromatic nitrogens is 2. The van der Waals surface area contributed by atoms with Crippen molar-refractivity contribution in [3.05, 3.63) is 53.9 Å². The lowest BCUT2D eigenvalue weighted by molar-refractivity contribution is -0.140. The summed E-state index contributed by atoms with van der Waals surface area (Å²) < 4.78 is 5.62. The fourth-order valence-corrected chi connectivity index (χ4v) is 5.32. The highest BCUT2D eigenvalue weighted by molar-refractivity contribution is 5.88. The number of amides is 1. The van der Waals surface area contributed by atoms with E-state index in [0.29, 0.717) is 31.0 Å². The number of hydrogen-bond acceptors (Lipinski definition) is 5. The van der Waals surface area contributed by atoms with Crippen LogP contribution in [-0.2, 0) is 14.9 Å². The molecule has 3 saturated heterocycles. The molecular formula is C23H28N4O2. The topological polar surface area (TPSA) is 58.6 Å². The minimum atomic E-state index is -0.433. The van der Waals surface area contributed by atoms with Crippen molar-refractivity contribution in [1.82, 2.24) is 14.9 Å². The van der Waals surface area contributed by atoms with E-state index in [1.807, 2.05) is 37.4 Å². The van der Waals surface area contributed by atoms with E-state index in [4.69, 9.17) is 4.74 Å². The molecule has 0 bridgehead atoms. The van der Waals surface area contributed by atoms with E-state index in [2.05, 4.69) is 31.9 Å². The van der Waals surface area contributed by atoms with Crippen molar-refractivity contribution < 1.29 is 9.53 Å². The summed E-state index contributed by atoms with van der Waals surface area (Å²) in [5.41, 5.74) is 1.70. The number of benzene rings is 1. The van der Waals surface area contributed by atoms with Gasteiger partial charge in [0, 0.05) is 63.1 Å². The standard InChI is InChI=1S/C23H28N4O2/c1-17-7-10-24-22(25-17)27-15-18-13-26(14-19(18)16-27)21(28)23(8-11-29-12-9-23)20-5-3-2-4-6-20/h2-7,10,18-19H,8-9,11-16H2,1H3. The molecule has 5 rings (SSSR count). The van der Waals surface area contributed by atoms with E-state index in [9.17, 15) is 4.79 Å². The Morgan fingerprint density at radius 1 is 1.03 bits per heavy atom. The SMILES string of the molecule is Cc1ccnc(N2CC3CN(C(=O)C4(c5ccccc5)CCOCC4)CC3C2)n1. The Hall–Kier alpha value is -2.47. The average Bonchev–Trinajstić information content (AvgIpc) is 3.34. The van der Waals surface area contributed by atoms with Crippen LogP contribution >= 0.6 is 0 Å². The van der Waals surface area contributed by atoms with E-state index in [-0.39, 0.29) is 0 Å². The second kappa shape index (κ2) is 7.41. The molecule has 2 atom stereocenters. The quantitative estimate of drug-likeness (QED) is 0.803. The van der Waals surface area contributed by atoms with Crippen LogP contribution in [0, 0.1) is 18.8 Å². The lowest BCUT2D eigenvalue weighted by atomic mass is 9.73. The summed E-state index contributed by atoms with van der Waals surface area (Å²) >= 11 is 0. The van der Waals surface area contributed by atoms with Gasteiger partial charge in [-0.05, 0) is 31.4 Å². The minimum absolute atomic E-state index is 0.291. The van der Waals surface area contributed by atoms with Crippen molar-refractivity contribution in [2.45, 2.75) is 25.2 Å². The van der Waals surface area contributed by atoms with Crippen molar-refractivity contribution in [2.24, 2.45) is 11.8 Å². The Balaban J connectivity index is 1.32. The highest BCUT2D eigenvalue weighted by Crippen LogP contribution is 2.40. The Morgan fingerprint density at radius 3 is 2.38 bits per heavy atom. The molecule has 1 aromatic heterocycles. The molecule has 0 N–H and O–H groups in total. The van der Waals surface area contributed by atoms with Crippen molar-refractivity contribution in [3.8, 4) is 0 Å². The summed E-state index contributed by atoms with van der Waals surface area (Å²) in [6.07, 6.45) is 3.37. The van der Waals surface area contributed by atoms with E-state index >= 15 is 0 Å². The third-order valence-corrected chi connectivity index (χ3v) is 6.92. The molecule has 1 amide bonds. The van der Waals surface area contributed by atoms with E-state index in [1.165, 1.54) is 0 Å². The van der Waals surface area contributed by atoms with Crippen LogP contribution in [0.4, 0.5) is 5.95 Å². The zero-order chi connectivity index (χ0) is 19.8. The van der Waals surface area contributed by atoms with Crippen molar-refractivity contribution >= 4 is 11.9 Å². The molecular weight excluding hydrogens is 364 g/mol. The van der Waals surface area contributed by atoms with Crippen molar-refractivity contribution in [1.29, 1.82) is 0 Å². The molecule has 2 aromatic rings. The van der Waals surface area contributed by atoms with Crippen LogP contribution in [-0.4, -0.2) is 60.2 Å². The van der Waals surface area contributed by atoms with Crippen LogP contribution in [0.15, 0.2) is 42.6 Å². The molecule has 0 spiro atoms. The Morgan fingerprint density at radius 2 is 1.72 bits per heavy atom. The second-order valence-corrected chi connectivity index (χ2v) is 8.69. The maximum atomic E-state index is 13.8.